The van der Waals surface area contributed by atoms with Crippen LogP contribution in [0.25, 0.3) is 0 Å². The van der Waals surface area contributed by atoms with Crippen molar-refractivity contribution in [1.82, 2.24) is 0 Å². The Bertz CT molecular complexity index is 185. The van der Waals surface area contributed by atoms with Crippen LogP contribution in [0, 0.1) is 0 Å². The molecule has 0 spiro atoms. The summed E-state index contributed by atoms with van der Waals surface area (Å²) in [5.41, 5.74) is 0. The fourth-order valence-corrected chi connectivity index (χ4v) is 0.585. The number of carbonyl (C=O) groups is 1. The maximum Gasteiger partial charge on any atom is 0.302 e. The number of aliphatic hydroxyl groups is 2. The van der Waals surface area contributed by atoms with E-state index in [0.29, 0.717) is 6.61 Å². The van der Waals surface area contributed by atoms with Gasteiger partial charge in [0.25, 0.3) is 0 Å². The first kappa shape index (κ1) is 29.1. The lowest BCUT2D eigenvalue weighted by atomic mass is 10.5. The zero-order chi connectivity index (χ0) is 18.2. The van der Waals surface area contributed by atoms with E-state index in [4.69, 9.17) is 19.7 Å². The molecule has 0 aromatic heterocycles. The van der Waals surface area contributed by atoms with Crippen molar-refractivity contribution in [2.75, 3.05) is 39.6 Å². The van der Waals surface area contributed by atoms with E-state index in [9.17, 15) is 4.79 Å². The molecule has 0 bridgehead atoms. The molecule has 0 radical (unpaired) electrons. The summed E-state index contributed by atoms with van der Waals surface area (Å²) in [6, 6.07) is 0. The van der Waals surface area contributed by atoms with Crippen LogP contribution >= 0.6 is 0 Å². The Morgan fingerprint density at radius 3 is 1.45 bits per heavy atom. The Labute approximate surface area is 136 Å². The van der Waals surface area contributed by atoms with Gasteiger partial charge in [-0.2, -0.15) is 0 Å². The van der Waals surface area contributed by atoms with Crippen LogP contribution in [0.15, 0.2) is 12.7 Å². The molecule has 0 fully saturated rings. The lowest BCUT2D eigenvalue weighted by Gasteiger charge is -1.90. The van der Waals surface area contributed by atoms with Crippen LogP contribution in [0.5, 0.6) is 0 Å². The largest absolute Gasteiger partial charge is 0.462 e. The highest BCUT2D eigenvalue weighted by atomic mass is 16.5. The van der Waals surface area contributed by atoms with Crippen molar-refractivity contribution >= 4 is 5.97 Å². The molecule has 0 aromatic rings. The Morgan fingerprint density at radius 1 is 1.09 bits per heavy atom. The number of hydrogen-bond acceptors (Lipinski definition) is 6. The molecule has 136 valence electrons. The van der Waals surface area contributed by atoms with Gasteiger partial charge in [0, 0.05) is 33.4 Å². The first-order chi connectivity index (χ1) is 10.4. The third-order valence-electron chi connectivity index (χ3n) is 1.49. The molecule has 0 amide bonds. The summed E-state index contributed by atoms with van der Waals surface area (Å²) in [5, 5.41) is 16.0. The quantitative estimate of drug-likeness (QED) is 0.551. The molecule has 0 aliphatic rings. The van der Waals surface area contributed by atoms with E-state index in [1.165, 1.54) is 19.9 Å². The molecule has 0 heterocycles. The van der Waals surface area contributed by atoms with Crippen molar-refractivity contribution in [3.05, 3.63) is 12.7 Å². The third-order valence-corrected chi connectivity index (χ3v) is 1.49. The molecule has 0 saturated heterocycles. The van der Waals surface area contributed by atoms with Crippen molar-refractivity contribution in [3.63, 3.8) is 0 Å². The maximum absolute atomic E-state index is 9.93. The third kappa shape index (κ3) is 75.8. The van der Waals surface area contributed by atoms with Gasteiger partial charge >= 0.3 is 5.97 Å². The molecule has 0 aromatic carbocycles. The van der Waals surface area contributed by atoms with E-state index >= 15 is 0 Å². The molecule has 1 atom stereocenters. The number of rotatable bonds is 7. The summed E-state index contributed by atoms with van der Waals surface area (Å²) in [4.78, 5) is 9.93. The SMILES string of the molecule is C=CCOC(C)=O.CC(O)CO.CCOCC.CCOCC. The highest BCUT2D eigenvalue weighted by Crippen LogP contribution is 1.73. The molecular formula is C16H36O6. The van der Waals surface area contributed by atoms with Crippen LogP contribution in [0.4, 0.5) is 0 Å². The van der Waals surface area contributed by atoms with Crippen molar-refractivity contribution in [2.24, 2.45) is 0 Å². The van der Waals surface area contributed by atoms with Gasteiger partial charge in [-0.25, -0.2) is 0 Å². The van der Waals surface area contributed by atoms with Gasteiger partial charge in [0.05, 0.1) is 12.7 Å². The lowest BCUT2D eigenvalue weighted by molar-refractivity contribution is -0.139. The molecule has 6 heteroatoms. The van der Waals surface area contributed by atoms with Gasteiger partial charge in [-0.3, -0.25) is 4.79 Å². The molecule has 0 aliphatic heterocycles. The molecule has 1 unspecified atom stereocenters. The topological polar surface area (TPSA) is 85.2 Å². The van der Waals surface area contributed by atoms with Crippen LogP contribution in [0.3, 0.4) is 0 Å². The van der Waals surface area contributed by atoms with Crippen LogP contribution in [-0.4, -0.2) is 61.9 Å². The summed E-state index contributed by atoms with van der Waals surface area (Å²) in [6.45, 7) is 17.8. The normalized spacial score (nSPS) is 9.64. The Hall–Kier alpha value is -0.950. The van der Waals surface area contributed by atoms with E-state index in [0.717, 1.165) is 26.4 Å². The summed E-state index contributed by atoms with van der Waals surface area (Å²) >= 11 is 0. The average molecular weight is 324 g/mol. The molecular weight excluding hydrogens is 288 g/mol. The monoisotopic (exact) mass is 324 g/mol. The fourth-order valence-electron chi connectivity index (χ4n) is 0.585. The van der Waals surface area contributed by atoms with Gasteiger partial charge in [0.15, 0.2) is 0 Å². The second kappa shape index (κ2) is 32.1. The maximum atomic E-state index is 9.93. The minimum absolute atomic E-state index is 0.139. The summed E-state index contributed by atoms with van der Waals surface area (Å²) in [7, 11) is 0. The van der Waals surface area contributed by atoms with E-state index in [1.807, 2.05) is 27.7 Å². The van der Waals surface area contributed by atoms with Crippen molar-refractivity contribution in [3.8, 4) is 0 Å². The Morgan fingerprint density at radius 2 is 1.41 bits per heavy atom. The van der Waals surface area contributed by atoms with Crippen molar-refractivity contribution in [1.29, 1.82) is 0 Å². The highest BCUT2D eigenvalue weighted by Gasteiger charge is 1.83. The van der Waals surface area contributed by atoms with Crippen molar-refractivity contribution in [2.45, 2.75) is 47.6 Å². The smallest absolute Gasteiger partial charge is 0.302 e. The molecule has 0 saturated carbocycles. The Kier molecular flexibility index (Phi) is 42.5. The minimum Gasteiger partial charge on any atom is -0.462 e. The zero-order valence-corrected chi connectivity index (χ0v) is 15.1. The number of aliphatic hydroxyl groups excluding tert-OH is 2. The predicted octanol–water partition coefficient (Wildman–Crippen LogP) is 2.18. The van der Waals surface area contributed by atoms with Crippen LogP contribution in [0.2, 0.25) is 0 Å². The second-order valence-corrected chi connectivity index (χ2v) is 3.69. The minimum atomic E-state index is -0.560. The number of ether oxygens (including phenoxy) is 3. The van der Waals surface area contributed by atoms with Crippen LogP contribution in [0.1, 0.15) is 41.5 Å². The van der Waals surface area contributed by atoms with Crippen LogP contribution < -0.4 is 0 Å². The average Bonchev–Trinajstić information content (AvgIpc) is 2.48. The predicted molar refractivity (Wildman–Crippen MR) is 89.9 cm³/mol. The highest BCUT2D eigenvalue weighted by molar-refractivity contribution is 5.65. The number of carbonyl (C=O) groups excluding carboxylic acids is 1. The summed E-state index contributed by atoms with van der Waals surface area (Å²) in [6.07, 6.45) is 0.969. The molecule has 2 N–H and O–H groups in total. The van der Waals surface area contributed by atoms with E-state index < -0.39 is 6.10 Å². The van der Waals surface area contributed by atoms with Gasteiger partial charge in [-0.05, 0) is 34.6 Å². The van der Waals surface area contributed by atoms with Gasteiger partial charge in [0.2, 0.25) is 0 Å². The fraction of sp³-hybridized carbons (Fsp3) is 0.812. The van der Waals surface area contributed by atoms with E-state index in [1.54, 1.807) is 0 Å². The second-order valence-electron chi connectivity index (χ2n) is 3.69. The van der Waals surface area contributed by atoms with Gasteiger partial charge in [-0.1, -0.05) is 12.7 Å². The number of esters is 1. The molecule has 6 nitrogen and oxygen atoms in total. The summed E-state index contributed by atoms with van der Waals surface area (Å²) in [5.74, 6) is -0.264. The zero-order valence-electron chi connectivity index (χ0n) is 15.1. The summed E-state index contributed by atoms with van der Waals surface area (Å²) < 4.78 is 14.1. The molecule has 0 rings (SSSR count). The first-order valence-corrected chi connectivity index (χ1v) is 7.56. The van der Waals surface area contributed by atoms with Gasteiger partial charge < -0.3 is 24.4 Å². The standard InChI is InChI=1S/C5H8O2.2C4H10O.C3H8O2/c1-3-4-7-5(2)6;2*1-3-5-4-2;1-3(5)2-4/h3H,1,4H2,2H3;2*3-4H2,1-2H3;3-5H,2H2,1H3. The van der Waals surface area contributed by atoms with Gasteiger partial charge in [-0.15, -0.1) is 0 Å². The van der Waals surface area contributed by atoms with Crippen molar-refractivity contribution < 1.29 is 29.2 Å². The number of hydrogen-bond donors (Lipinski definition) is 2. The van der Waals surface area contributed by atoms with E-state index in [-0.39, 0.29) is 12.6 Å². The van der Waals surface area contributed by atoms with Crippen LogP contribution in [-0.2, 0) is 19.0 Å². The van der Waals surface area contributed by atoms with Gasteiger partial charge in [0.1, 0.15) is 6.61 Å². The molecule has 22 heavy (non-hydrogen) atoms. The van der Waals surface area contributed by atoms with E-state index in [2.05, 4.69) is 11.3 Å². The Balaban J connectivity index is -0.0000000995. The lowest BCUT2D eigenvalue weighted by Crippen LogP contribution is -2.03. The molecule has 0 aliphatic carbocycles. The first-order valence-electron chi connectivity index (χ1n) is 7.56.